The maximum absolute atomic E-state index is 10.3. The number of aliphatic hydroxyl groups is 1. The maximum Gasteiger partial charge on any atom is 0.303 e. The molecule has 2 unspecified atom stereocenters. The van der Waals surface area contributed by atoms with Crippen LogP contribution in [0.2, 0.25) is 0 Å². The van der Waals surface area contributed by atoms with Gasteiger partial charge >= 0.3 is 5.97 Å². The van der Waals surface area contributed by atoms with Gasteiger partial charge in [0.1, 0.15) is 0 Å². The molecule has 64 valence electrons. The van der Waals surface area contributed by atoms with Crippen LogP contribution in [0.5, 0.6) is 0 Å². The molecule has 0 bridgehead atoms. The molecule has 1 aliphatic rings. The normalized spacial score (nSPS) is 30.6. The average molecular weight is 158 g/mol. The van der Waals surface area contributed by atoms with Crippen molar-refractivity contribution in [2.45, 2.75) is 25.7 Å². The van der Waals surface area contributed by atoms with Gasteiger partial charge in [-0.3, -0.25) is 4.79 Å². The van der Waals surface area contributed by atoms with E-state index in [0.717, 1.165) is 19.3 Å². The Morgan fingerprint density at radius 1 is 1.36 bits per heavy atom. The molecule has 0 radical (unpaired) electrons. The van der Waals surface area contributed by atoms with Crippen LogP contribution in [0.1, 0.15) is 25.7 Å². The van der Waals surface area contributed by atoms with E-state index in [2.05, 4.69) is 0 Å². The quantitative estimate of drug-likeness (QED) is 0.640. The first kappa shape index (κ1) is 8.53. The predicted octanol–water partition coefficient (Wildman–Crippen LogP) is 0.870. The predicted molar refractivity (Wildman–Crippen MR) is 40.2 cm³/mol. The average Bonchev–Trinajstić information content (AvgIpc) is 2.34. The zero-order valence-corrected chi connectivity index (χ0v) is 6.49. The van der Waals surface area contributed by atoms with E-state index in [1.165, 1.54) is 0 Å². The summed E-state index contributed by atoms with van der Waals surface area (Å²) < 4.78 is 0. The van der Waals surface area contributed by atoms with Crippen molar-refractivity contribution in [3.8, 4) is 0 Å². The fourth-order valence-electron chi connectivity index (χ4n) is 1.85. The monoisotopic (exact) mass is 158 g/mol. The molecule has 3 nitrogen and oxygen atoms in total. The number of carbonyl (C=O) groups is 1. The summed E-state index contributed by atoms with van der Waals surface area (Å²) in [6.07, 6.45) is 3.26. The molecule has 0 saturated heterocycles. The fourth-order valence-corrected chi connectivity index (χ4v) is 1.85. The van der Waals surface area contributed by atoms with Gasteiger partial charge in [-0.2, -0.15) is 0 Å². The highest BCUT2D eigenvalue weighted by Crippen LogP contribution is 2.33. The standard InChI is InChI=1S/C8H14O3/c9-5-7-3-1-2-6(7)4-8(10)11/h6-7,9H,1-5H2,(H,10,11). The third-order valence-corrected chi connectivity index (χ3v) is 2.49. The Balaban J connectivity index is 2.37. The molecule has 0 aromatic heterocycles. The van der Waals surface area contributed by atoms with Gasteiger partial charge in [0, 0.05) is 13.0 Å². The second-order valence-electron chi connectivity index (χ2n) is 3.23. The largest absolute Gasteiger partial charge is 0.481 e. The molecule has 0 aromatic carbocycles. The fraction of sp³-hybridized carbons (Fsp3) is 0.875. The summed E-state index contributed by atoms with van der Waals surface area (Å²) in [5.74, 6) is -0.279. The van der Waals surface area contributed by atoms with Crippen LogP contribution in [-0.4, -0.2) is 22.8 Å². The van der Waals surface area contributed by atoms with Crippen molar-refractivity contribution in [1.29, 1.82) is 0 Å². The minimum Gasteiger partial charge on any atom is -0.481 e. The lowest BCUT2D eigenvalue weighted by Gasteiger charge is -2.13. The zero-order chi connectivity index (χ0) is 8.27. The van der Waals surface area contributed by atoms with Gasteiger partial charge in [0.15, 0.2) is 0 Å². The lowest BCUT2D eigenvalue weighted by molar-refractivity contribution is -0.138. The first-order valence-electron chi connectivity index (χ1n) is 4.06. The molecular weight excluding hydrogens is 144 g/mol. The van der Waals surface area contributed by atoms with E-state index in [1.54, 1.807) is 0 Å². The lowest BCUT2D eigenvalue weighted by Crippen LogP contribution is -2.15. The van der Waals surface area contributed by atoms with E-state index in [9.17, 15) is 4.79 Å². The highest BCUT2D eigenvalue weighted by molar-refractivity contribution is 5.67. The minimum atomic E-state index is -0.740. The van der Waals surface area contributed by atoms with Crippen LogP contribution in [0.25, 0.3) is 0 Å². The van der Waals surface area contributed by atoms with Gasteiger partial charge in [0.05, 0.1) is 0 Å². The van der Waals surface area contributed by atoms with Crippen molar-refractivity contribution < 1.29 is 15.0 Å². The number of carboxylic acid groups (broad SMARTS) is 1. The summed E-state index contributed by atoms with van der Waals surface area (Å²) >= 11 is 0. The lowest BCUT2D eigenvalue weighted by atomic mass is 9.94. The maximum atomic E-state index is 10.3. The number of hydrogen-bond donors (Lipinski definition) is 2. The molecule has 1 rings (SSSR count). The van der Waals surface area contributed by atoms with Gasteiger partial charge in [0.25, 0.3) is 0 Å². The molecule has 0 heterocycles. The number of carboxylic acids is 1. The molecule has 11 heavy (non-hydrogen) atoms. The Morgan fingerprint density at radius 2 is 2.00 bits per heavy atom. The molecule has 3 heteroatoms. The highest BCUT2D eigenvalue weighted by atomic mass is 16.4. The highest BCUT2D eigenvalue weighted by Gasteiger charge is 2.27. The Hall–Kier alpha value is -0.570. The molecule has 2 atom stereocenters. The number of rotatable bonds is 3. The number of hydrogen-bond acceptors (Lipinski definition) is 2. The van der Waals surface area contributed by atoms with Gasteiger partial charge < -0.3 is 10.2 Å². The summed E-state index contributed by atoms with van der Waals surface area (Å²) in [6, 6.07) is 0. The van der Waals surface area contributed by atoms with Crippen LogP contribution < -0.4 is 0 Å². The molecule has 0 aliphatic heterocycles. The van der Waals surface area contributed by atoms with E-state index in [4.69, 9.17) is 10.2 Å². The van der Waals surface area contributed by atoms with Crippen LogP contribution >= 0.6 is 0 Å². The van der Waals surface area contributed by atoms with E-state index < -0.39 is 5.97 Å². The van der Waals surface area contributed by atoms with Crippen LogP contribution in [0.3, 0.4) is 0 Å². The third kappa shape index (κ3) is 2.19. The number of aliphatic hydroxyl groups excluding tert-OH is 1. The Labute approximate surface area is 66.0 Å². The van der Waals surface area contributed by atoms with Crippen LogP contribution in [-0.2, 0) is 4.79 Å². The van der Waals surface area contributed by atoms with Crippen LogP contribution in [0.15, 0.2) is 0 Å². The Bertz CT molecular complexity index is 144. The van der Waals surface area contributed by atoms with Crippen molar-refractivity contribution in [2.24, 2.45) is 11.8 Å². The van der Waals surface area contributed by atoms with Crippen LogP contribution in [0.4, 0.5) is 0 Å². The SMILES string of the molecule is O=C(O)CC1CCCC1CO. The van der Waals surface area contributed by atoms with E-state index in [-0.39, 0.29) is 24.9 Å². The summed E-state index contributed by atoms with van der Waals surface area (Å²) in [5, 5.41) is 17.4. The first-order valence-corrected chi connectivity index (χ1v) is 4.06. The van der Waals surface area contributed by atoms with Gasteiger partial charge in [-0.05, 0) is 24.7 Å². The van der Waals surface area contributed by atoms with Crippen molar-refractivity contribution >= 4 is 5.97 Å². The van der Waals surface area contributed by atoms with Crippen molar-refractivity contribution in [3.05, 3.63) is 0 Å². The smallest absolute Gasteiger partial charge is 0.303 e. The second kappa shape index (κ2) is 3.72. The molecule has 1 fully saturated rings. The second-order valence-corrected chi connectivity index (χ2v) is 3.23. The zero-order valence-electron chi connectivity index (χ0n) is 6.49. The molecule has 1 aliphatic carbocycles. The molecule has 0 spiro atoms. The topological polar surface area (TPSA) is 57.5 Å². The Morgan fingerprint density at radius 3 is 2.55 bits per heavy atom. The van der Waals surface area contributed by atoms with Crippen molar-refractivity contribution in [1.82, 2.24) is 0 Å². The van der Waals surface area contributed by atoms with E-state index in [1.807, 2.05) is 0 Å². The molecule has 0 aromatic rings. The molecule has 1 saturated carbocycles. The first-order chi connectivity index (χ1) is 5.24. The summed E-state index contributed by atoms with van der Waals surface area (Å²) in [6.45, 7) is 0.151. The minimum absolute atomic E-state index is 0.151. The van der Waals surface area contributed by atoms with Gasteiger partial charge in [-0.15, -0.1) is 0 Å². The van der Waals surface area contributed by atoms with E-state index in [0.29, 0.717) is 0 Å². The van der Waals surface area contributed by atoms with Gasteiger partial charge in [0.2, 0.25) is 0 Å². The van der Waals surface area contributed by atoms with Crippen molar-refractivity contribution in [3.63, 3.8) is 0 Å². The molecule has 0 amide bonds. The summed E-state index contributed by atoms with van der Waals surface area (Å²) in [4.78, 5) is 10.3. The van der Waals surface area contributed by atoms with Gasteiger partial charge in [-0.25, -0.2) is 0 Å². The summed E-state index contributed by atoms with van der Waals surface area (Å²) in [5.41, 5.74) is 0. The summed E-state index contributed by atoms with van der Waals surface area (Å²) in [7, 11) is 0. The molecule has 2 N–H and O–H groups in total. The van der Waals surface area contributed by atoms with Crippen molar-refractivity contribution in [2.75, 3.05) is 6.61 Å². The molecular formula is C8H14O3. The Kier molecular flexibility index (Phi) is 2.88. The van der Waals surface area contributed by atoms with E-state index >= 15 is 0 Å². The third-order valence-electron chi connectivity index (χ3n) is 2.49. The van der Waals surface area contributed by atoms with Crippen LogP contribution in [0, 0.1) is 11.8 Å². The van der Waals surface area contributed by atoms with Gasteiger partial charge in [-0.1, -0.05) is 6.42 Å². The number of aliphatic carboxylic acids is 1.